The van der Waals surface area contributed by atoms with Crippen molar-refractivity contribution in [2.24, 2.45) is 5.92 Å². The van der Waals surface area contributed by atoms with Crippen LogP contribution in [0.4, 0.5) is 14.5 Å². The summed E-state index contributed by atoms with van der Waals surface area (Å²) in [7, 11) is -2.05. The van der Waals surface area contributed by atoms with Gasteiger partial charge in [0.15, 0.2) is 11.6 Å². The van der Waals surface area contributed by atoms with Crippen LogP contribution in [0.2, 0.25) is 0 Å². The van der Waals surface area contributed by atoms with E-state index >= 15 is 0 Å². The summed E-state index contributed by atoms with van der Waals surface area (Å²) in [6.45, 7) is 6.08. The highest BCUT2D eigenvalue weighted by atomic mass is 32.2. The maximum Gasteiger partial charge on any atom is 0.243 e. The standard InChI is InChI=1S/C24H29F2N3O4S/c1-5-28(6-2)34(32,33)20-10-8-19(9-11-20)29-15-18(14-23(29)30)24(31)27(4)16(3)17-7-12-21(25)22(26)13-17/h7-13,16,18H,5-6,14-15H2,1-4H3/t16-,18+/m1/s1. The molecular formula is C24H29F2N3O4S. The second kappa shape index (κ2) is 10.2. The van der Waals surface area contributed by atoms with E-state index in [1.54, 1.807) is 40.0 Å². The van der Waals surface area contributed by atoms with Gasteiger partial charge in [-0.3, -0.25) is 9.59 Å². The molecule has 0 saturated carbocycles. The number of benzene rings is 2. The second-order valence-corrected chi connectivity index (χ2v) is 10.2. The first-order chi connectivity index (χ1) is 16.0. The van der Waals surface area contributed by atoms with Crippen LogP contribution in [-0.4, -0.2) is 56.1 Å². The number of carbonyl (C=O) groups excluding carboxylic acids is 2. The number of nitrogens with zero attached hydrogens (tertiary/aromatic N) is 3. The molecule has 0 unspecified atom stereocenters. The predicted molar refractivity (Wildman–Crippen MR) is 125 cm³/mol. The van der Waals surface area contributed by atoms with Crippen molar-refractivity contribution in [2.45, 2.75) is 38.1 Å². The van der Waals surface area contributed by atoms with Crippen LogP contribution in [0.1, 0.15) is 38.8 Å². The Labute approximate surface area is 199 Å². The van der Waals surface area contributed by atoms with Gasteiger partial charge in [-0.05, 0) is 48.9 Å². The second-order valence-electron chi connectivity index (χ2n) is 8.29. The summed E-state index contributed by atoms with van der Waals surface area (Å²) < 4.78 is 53.6. The smallest absolute Gasteiger partial charge is 0.243 e. The topological polar surface area (TPSA) is 78.0 Å². The zero-order valence-corrected chi connectivity index (χ0v) is 20.5. The molecule has 2 atom stereocenters. The Morgan fingerprint density at radius 3 is 2.26 bits per heavy atom. The molecule has 0 aliphatic carbocycles. The van der Waals surface area contributed by atoms with Gasteiger partial charge in [0.25, 0.3) is 0 Å². The lowest BCUT2D eigenvalue weighted by Crippen LogP contribution is -2.36. The van der Waals surface area contributed by atoms with Crippen LogP contribution >= 0.6 is 0 Å². The molecular weight excluding hydrogens is 464 g/mol. The Balaban J connectivity index is 1.73. The fraction of sp³-hybridized carbons (Fsp3) is 0.417. The third-order valence-electron chi connectivity index (χ3n) is 6.32. The Morgan fingerprint density at radius 1 is 1.09 bits per heavy atom. The van der Waals surface area contributed by atoms with E-state index in [2.05, 4.69) is 0 Å². The van der Waals surface area contributed by atoms with Crippen molar-refractivity contribution in [3.63, 3.8) is 0 Å². The largest absolute Gasteiger partial charge is 0.339 e. The maximum absolute atomic E-state index is 13.6. The van der Waals surface area contributed by atoms with Crippen LogP contribution in [0, 0.1) is 17.6 Å². The van der Waals surface area contributed by atoms with E-state index in [9.17, 15) is 26.8 Å². The van der Waals surface area contributed by atoms with Crippen molar-refractivity contribution < 1.29 is 26.8 Å². The van der Waals surface area contributed by atoms with Gasteiger partial charge in [0.1, 0.15) is 0 Å². The van der Waals surface area contributed by atoms with E-state index in [1.807, 2.05) is 0 Å². The van der Waals surface area contributed by atoms with Crippen molar-refractivity contribution in [2.75, 3.05) is 31.6 Å². The molecule has 34 heavy (non-hydrogen) atoms. The summed E-state index contributed by atoms with van der Waals surface area (Å²) in [5, 5.41) is 0. The van der Waals surface area contributed by atoms with Crippen LogP contribution in [-0.2, 0) is 19.6 Å². The summed E-state index contributed by atoms with van der Waals surface area (Å²) in [4.78, 5) is 28.7. The van der Waals surface area contributed by atoms with Gasteiger partial charge in [-0.15, -0.1) is 0 Å². The SMILES string of the molecule is CCN(CC)S(=O)(=O)c1ccc(N2C[C@@H](C(=O)N(C)[C@H](C)c3ccc(F)c(F)c3)CC2=O)cc1. The molecule has 2 aromatic rings. The van der Waals surface area contributed by atoms with E-state index in [-0.39, 0.29) is 29.7 Å². The lowest BCUT2D eigenvalue weighted by Gasteiger charge is -2.28. The molecule has 10 heteroatoms. The van der Waals surface area contributed by atoms with Crippen molar-refractivity contribution in [3.8, 4) is 0 Å². The summed E-state index contributed by atoms with van der Waals surface area (Å²) in [6, 6.07) is 9.03. The van der Waals surface area contributed by atoms with Gasteiger partial charge in [0.05, 0.1) is 16.9 Å². The predicted octanol–water partition coefficient (Wildman–Crippen LogP) is 3.57. The van der Waals surface area contributed by atoms with Gasteiger partial charge in [0, 0.05) is 38.8 Å². The zero-order chi connectivity index (χ0) is 25.2. The molecule has 1 fully saturated rings. The lowest BCUT2D eigenvalue weighted by atomic mass is 10.0. The van der Waals surface area contributed by atoms with Crippen molar-refractivity contribution >= 4 is 27.5 Å². The molecule has 1 saturated heterocycles. The average Bonchev–Trinajstić information content (AvgIpc) is 3.21. The molecule has 0 bridgehead atoms. The zero-order valence-electron chi connectivity index (χ0n) is 19.7. The molecule has 2 aromatic carbocycles. The van der Waals surface area contributed by atoms with Crippen LogP contribution in [0.3, 0.4) is 0 Å². The van der Waals surface area contributed by atoms with E-state index in [1.165, 1.54) is 32.3 Å². The third-order valence-corrected chi connectivity index (χ3v) is 8.38. The van der Waals surface area contributed by atoms with Crippen LogP contribution in [0.15, 0.2) is 47.4 Å². The molecule has 7 nitrogen and oxygen atoms in total. The van der Waals surface area contributed by atoms with Gasteiger partial charge in [-0.2, -0.15) is 4.31 Å². The number of hydrogen-bond acceptors (Lipinski definition) is 4. The number of anilines is 1. The minimum absolute atomic E-state index is 0.00711. The van der Waals surface area contributed by atoms with Gasteiger partial charge in [-0.1, -0.05) is 19.9 Å². The molecule has 1 heterocycles. The van der Waals surface area contributed by atoms with Gasteiger partial charge < -0.3 is 9.80 Å². The minimum Gasteiger partial charge on any atom is -0.339 e. The molecule has 184 valence electrons. The molecule has 0 radical (unpaired) electrons. The molecule has 0 spiro atoms. The average molecular weight is 494 g/mol. The number of rotatable bonds is 8. The van der Waals surface area contributed by atoms with Gasteiger partial charge in [-0.25, -0.2) is 17.2 Å². The molecule has 1 aliphatic heterocycles. The van der Waals surface area contributed by atoms with Crippen LogP contribution in [0.25, 0.3) is 0 Å². The number of amides is 2. The normalized spacial score (nSPS) is 17.3. The van der Waals surface area contributed by atoms with E-state index < -0.39 is 33.6 Å². The molecule has 2 amide bonds. The van der Waals surface area contributed by atoms with E-state index in [4.69, 9.17) is 0 Å². The first-order valence-corrected chi connectivity index (χ1v) is 12.6. The molecule has 0 aromatic heterocycles. The summed E-state index contributed by atoms with van der Waals surface area (Å²) in [5.41, 5.74) is 0.955. The summed E-state index contributed by atoms with van der Waals surface area (Å²) in [5.74, 6) is -3.08. The first kappa shape index (κ1) is 25.8. The Morgan fingerprint density at radius 2 is 1.71 bits per heavy atom. The minimum atomic E-state index is -3.61. The monoisotopic (exact) mass is 493 g/mol. The third kappa shape index (κ3) is 4.97. The Bertz CT molecular complexity index is 1170. The highest BCUT2D eigenvalue weighted by molar-refractivity contribution is 7.89. The lowest BCUT2D eigenvalue weighted by molar-refractivity contribution is -0.136. The maximum atomic E-state index is 13.6. The van der Waals surface area contributed by atoms with Crippen LogP contribution < -0.4 is 4.90 Å². The van der Waals surface area contributed by atoms with E-state index in [0.29, 0.717) is 24.3 Å². The number of sulfonamides is 1. The van der Waals surface area contributed by atoms with Gasteiger partial charge in [0.2, 0.25) is 21.8 Å². The Kier molecular flexibility index (Phi) is 7.72. The van der Waals surface area contributed by atoms with Crippen molar-refractivity contribution in [1.82, 2.24) is 9.21 Å². The van der Waals surface area contributed by atoms with Crippen molar-refractivity contribution in [1.29, 1.82) is 0 Å². The fourth-order valence-corrected chi connectivity index (χ4v) is 5.57. The van der Waals surface area contributed by atoms with E-state index in [0.717, 1.165) is 12.1 Å². The number of carbonyl (C=O) groups is 2. The quantitative estimate of drug-likeness (QED) is 0.563. The highest BCUT2D eigenvalue weighted by Crippen LogP contribution is 2.30. The number of halogens is 2. The molecule has 3 rings (SSSR count). The number of hydrogen-bond donors (Lipinski definition) is 0. The Hall–Kier alpha value is -2.85. The molecule has 0 N–H and O–H groups in total. The van der Waals surface area contributed by atoms with Crippen LogP contribution in [0.5, 0.6) is 0 Å². The molecule has 1 aliphatic rings. The highest BCUT2D eigenvalue weighted by Gasteiger charge is 2.37. The van der Waals surface area contributed by atoms with Crippen molar-refractivity contribution in [3.05, 3.63) is 59.7 Å². The summed E-state index contributed by atoms with van der Waals surface area (Å²) >= 11 is 0. The van der Waals surface area contributed by atoms with Gasteiger partial charge >= 0.3 is 0 Å². The fourth-order valence-electron chi connectivity index (χ4n) is 4.11. The summed E-state index contributed by atoms with van der Waals surface area (Å²) in [6.07, 6.45) is 0.00711. The first-order valence-electron chi connectivity index (χ1n) is 11.1.